The fourth-order valence-corrected chi connectivity index (χ4v) is 3.18. The fourth-order valence-electron chi connectivity index (χ4n) is 2.73. The molecule has 8 heteroatoms. The van der Waals surface area contributed by atoms with Crippen molar-refractivity contribution in [1.82, 2.24) is 19.6 Å². The normalized spacial score (nSPS) is 12.0. The van der Waals surface area contributed by atoms with E-state index in [-0.39, 0.29) is 11.5 Å². The summed E-state index contributed by atoms with van der Waals surface area (Å²) in [6.45, 7) is 5.44. The lowest BCUT2D eigenvalue weighted by atomic mass is 10.2. The van der Waals surface area contributed by atoms with E-state index in [0.717, 1.165) is 16.3 Å². The van der Waals surface area contributed by atoms with E-state index in [1.54, 1.807) is 29.4 Å². The molecule has 1 amide bonds. The summed E-state index contributed by atoms with van der Waals surface area (Å²) in [7, 11) is 0. The molecule has 0 saturated heterocycles. The molecule has 1 N–H and O–H groups in total. The maximum atomic E-state index is 12.6. The number of hydrogen-bond donors (Lipinski definition) is 1. The van der Waals surface area contributed by atoms with Gasteiger partial charge in [0.25, 0.3) is 5.56 Å². The molecule has 3 rings (SSSR count). The average Bonchev–Trinajstić information content (AvgIpc) is 3.00. The van der Waals surface area contributed by atoms with Crippen LogP contribution in [0.25, 0.3) is 5.82 Å². The molecule has 1 aromatic carbocycles. The molecular formula is C19H21N5O2S. The van der Waals surface area contributed by atoms with E-state index in [2.05, 4.69) is 15.5 Å². The standard InChI is InChI=1S/C19H21N5O2S/c1-12-10-13(2)23(21-12)17-8-9-18(25)24(22-17)14(3)19(26)20-15-6-5-7-16(11-15)27-4/h5-11,14H,1-4H3,(H,20,26). The highest BCUT2D eigenvalue weighted by atomic mass is 32.2. The maximum absolute atomic E-state index is 12.6. The number of hydrogen-bond acceptors (Lipinski definition) is 5. The monoisotopic (exact) mass is 383 g/mol. The minimum atomic E-state index is -0.771. The zero-order valence-corrected chi connectivity index (χ0v) is 16.4. The molecule has 0 aliphatic heterocycles. The summed E-state index contributed by atoms with van der Waals surface area (Å²) in [4.78, 5) is 26.0. The van der Waals surface area contributed by atoms with Crippen molar-refractivity contribution in [3.05, 3.63) is 64.2 Å². The lowest BCUT2D eigenvalue weighted by Gasteiger charge is -2.15. The van der Waals surface area contributed by atoms with E-state index in [1.807, 2.05) is 50.4 Å². The van der Waals surface area contributed by atoms with Crippen molar-refractivity contribution in [2.45, 2.75) is 31.7 Å². The van der Waals surface area contributed by atoms with Gasteiger partial charge in [-0.25, -0.2) is 9.36 Å². The Morgan fingerprint density at radius 2 is 1.93 bits per heavy atom. The molecular weight excluding hydrogens is 362 g/mol. The highest BCUT2D eigenvalue weighted by Gasteiger charge is 2.19. The van der Waals surface area contributed by atoms with Crippen LogP contribution in [-0.4, -0.2) is 31.7 Å². The topological polar surface area (TPSA) is 81.8 Å². The lowest BCUT2D eigenvalue weighted by Crippen LogP contribution is -2.33. The summed E-state index contributed by atoms with van der Waals surface area (Å²) in [5.74, 6) is 0.178. The highest BCUT2D eigenvalue weighted by molar-refractivity contribution is 7.98. The Kier molecular flexibility index (Phi) is 5.46. The van der Waals surface area contributed by atoms with Crippen LogP contribution < -0.4 is 10.9 Å². The quantitative estimate of drug-likeness (QED) is 0.685. The Labute approximate surface area is 161 Å². The number of aromatic nitrogens is 4. The average molecular weight is 383 g/mol. The number of anilines is 1. The number of carbonyl (C=O) groups is 1. The van der Waals surface area contributed by atoms with E-state index < -0.39 is 6.04 Å². The van der Waals surface area contributed by atoms with E-state index >= 15 is 0 Å². The molecule has 0 fully saturated rings. The van der Waals surface area contributed by atoms with Crippen LogP contribution in [0.15, 0.2) is 52.2 Å². The van der Waals surface area contributed by atoms with Crippen molar-refractivity contribution in [3.8, 4) is 5.82 Å². The van der Waals surface area contributed by atoms with Crippen LogP contribution in [-0.2, 0) is 4.79 Å². The van der Waals surface area contributed by atoms with Crippen molar-refractivity contribution in [1.29, 1.82) is 0 Å². The number of aryl methyl sites for hydroxylation is 2. The largest absolute Gasteiger partial charge is 0.324 e. The molecule has 0 aliphatic rings. The first-order chi connectivity index (χ1) is 12.9. The number of nitrogens with zero attached hydrogens (tertiary/aromatic N) is 4. The molecule has 140 valence electrons. The SMILES string of the molecule is CSc1cccc(NC(=O)C(C)n2nc(-n3nc(C)cc3C)ccc2=O)c1. The van der Waals surface area contributed by atoms with Crippen molar-refractivity contribution < 1.29 is 4.79 Å². The molecule has 1 atom stereocenters. The number of carbonyl (C=O) groups excluding carboxylic acids is 1. The first kappa shape index (κ1) is 18.9. The molecule has 2 heterocycles. The number of thioether (sulfide) groups is 1. The summed E-state index contributed by atoms with van der Waals surface area (Å²) in [5.41, 5.74) is 2.09. The van der Waals surface area contributed by atoms with Gasteiger partial charge < -0.3 is 5.32 Å². The number of nitrogens with one attached hydrogen (secondary N) is 1. The third kappa shape index (κ3) is 4.11. The molecule has 0 bridgehead atoms. The Bertz CT molecular complexity index is 1040. The van der Waals surface area contributed by atoms with Gasteiger partial charge >= 0.3 is 0 Å². The van der Waals surface area contributed by atoms with E-state index in [9.17, 15) is 9.59 Å². The Balaban J connectivity index is 1.88. The third-order valence-electron chi connectivity index (χ3n) is 4.12. The van der Waals surface area contributed by atoms with E-state index in [4.69, 9.17) is 0 Å². The summed E-state index contributed by atoms with van der Waals surface area (Å²) in [6, 6.07) is 11.7. The van der Waals surface area contributed by atoms with Crippen molar-refractivity contribution in [2.75, 3.05) is 11.6 Å². The predicted molar refractivity (Wildman–Crippen MR) is 107 cm³/mol. The molecule has 0 radical (unpaired) electrons. The van der Waals surface area contributed by atoms with Gasteiger partial charge in [-0.3, -0.25) is 9.59 Å². The first-order valence-corrected chi connectivity index (χ1v) is 9.70. The minimum Gasteiger partial charge on any atom is -0.324 e. The van der Waals surface area contributed by atoms with Gasteiger partial charge in [-0.2, -0.15) is 5.10 Å². The molecule has 0 saturated carbocycles. The minimum absolute atomic E-state index is 0.312. The summed E-state index contributed by atoms with van der Waals surface area (Å²) >= 11 is 1.59. The van der Waals surface area contributed by atoms with Gasteiger partial charge in [0.15, 0.2) is 5.82 Å². The summed E-state index contributed by atoms with van der Waals surface area (Å²) in [5, 5.41) is 11.6. The Morgan fingerprint density at radius 3 is 2.59 bits per heavy atom. The lowest BCUT2D eigenvalue weighted by molar-refractivity contribution is -0.119. The second kappa shape index (κ2) is 7.79. The van der Waals surface area contributed by atoms with E-state index in [0.29, 0.717) is 11.5 Å². The zero-order chi connectivity index (χ0) is 19.6. The molecule has 0 aliphatic carbocycles. The van der Waals surface area contributed by atoms with Gasteiger partial charge in [0, 0.05) is 22.3 Å². The molecule has 3 aromatic rings. The Morgan fingerprint density at radius 1 is 1.15 bits per heavy atom. The summed E-state index contributed by atoms with van der Waals surface area (Å²) in [6.07, 6.45) is 1.97. The van der Waals surface area contributed by atoms with E-state index in [1.165, 1.54) is 10.7 Å². The van der Waals surface area contributed by atoms with Crippen LogP contribution in [0.3, 0.4) is 0 Å². The van der Waals surface area contributed by atoms with Gasteiger partial charge in [-0.05, 0) is 57.4 Å². The molecule has 2 aromatic heterocycles. The van der Waals surface area contributed by atoms with Crippen molar-refractivity contribution >= 4 is 23.4 Å². The number of amides is 1. The zero-order valence-electron chi connectivity index (χ0n) is 15.6. The molecule has 0 spiro atoms. The van der Waals surface area contributed by atoms with Crippen molar-refractivity contribution in [2.24, 2.45) is 0 Å². The van der Waals surface area contributed by atoms with Crippen molar-refractivity contribution in [3.63, 3.8) is 0 Å². The first-order valence-electron chi connectivity index (χ1n) is 8.47. The smallest absolute Gasteiger partial charge is 0.267 e. The third-order valence-corrected chi connectivity index (χ3v) is 4.85. The molecule has 27 heavy (non-hydrogen) atoms. The predicted octanol–water partition coefficient (Wildman–Crippen LogP) is 2.97. The van der Waals surface area contributed by atoms with Crippen LogP contribution in [0.2, 0.25) is 0 Å². The second-order valence-corrected chi connectivity index (χ2v) is 7.09. The molecule has 1 unspecified atom stereocenters. The van der Waals surface area contributed by atoms with Gasteiger partial charge in [0.05, 0.1) is 5.69 Å². The highest BCUT2D eigenvalue weighted by Crippen LogP contribution is 2.20. The fraction of sp³-hybridized carbons (Fsp3) is 0.263. The van der Waals surface area contributed by atoms with Crippen LogP contribution in [0.5, 0.6) is 0 Å². The number of benzene rings is 1. The van der Waals surface area contributed by atoms with Crippen LogP contribution in [0.1, 0.15) is 24.4 Å². The van der Waals surface area contributed by atoms with Crippen LogP contribution >= 0.6 is 11.8 Å². The maximum Gasteiger partial charge on any atom is 0.267 e. The summed E-state index contributed by atoms with van der Waals surface area (Å²) < 4.78 is 2.83. The van der Waals surface area contributed by atoms with Gasteiger partial charge in [0.2, 0.25) is 5.91 Å². The number of rotatable bonds is 5. The van der Waals surface area contributed by atoms with Crippen LogP contribution in [0.4, 0.5) is 5.69 Å². The second-order valence-electron chi connectivity index (χ2n) is 6.21. The van der Waals surface area contributed by atoms with Crippen LogP contribution in [0, 0.1) is 13.8 Å². The van der Waals surface area contributed by atoms with Gasteiger partial charge in [-0.15, -0.1) is 16.9 Å². The molecule has 7 nitrogen and oxygen atoms in total. The van der Waals surface area contributed by atoms with Gasteiger partial charge in [0.1, 0.15) is 6.04 Å². The van der Waals surface area contributed by atoms with Gasteiger partial charge in [-0.1, -0.05) is 6.07 Å². The Hall–Kier alpha value is -2.87.